The van der Waals surface area contributed by atoms with E-state index in [0.717, 1.165) is 61.4 Å². The van der Waals surface area contributed by atoms with E-state index in [9.17, 15) is 29.4 Å². The standard InChI is InChI=1S/C61H72N16O9/c1-5-63-57(81)55-70-69-54(47-33-46(38(2)3)48(78)34-49(47)79)77(55)43-9-7-39(8-10-43)37-72-21-17-40(18-22-72)58(82)74-30-28-73(29-31-74)42-11-13-44(14-12-42)86-61(83)75-26-24-71(25-27-75)20-6-32-85-50-16-15-45-51(52(50)84-4)67-60(76-23-19-64-53(45)76)68-56(80)41-35-65-59(62)66-36-41/h7-16,33-36,38,40,64,78-79H,5-6,17-32,37H2,1-4H3,(H,63,81)(H2,62,65,66). The van der Waals surface area contributed by atoms with E-state index in [1.165, 1.54) is 18.5 Å². The minimum atomic E-state index is -0.548. The maximum atomic E-state index is 13.8. The summed E-state index contributed by atoms with van der Waals surface area (Å²) in [5.74, 6) is 1.62. The molecule has 25 nitrogen and oxygen atoms in total. The number of phenolic OH excluding ortho intramolecular Hbond substituents is 2. The predicted octanol–water partition coefficient (Wildman–Crippen LogP) is 5.26. The Balaban J connectivity index is 0.602. The van der Waals surface area contributed by atoms with Crippen LogP contribution >= 0.6 is 0 Å². The van der Waals surface area contributed by atoms with Crippen LogP contribution in [0.3, 0.4) is 0 Å². The lowest BCUT2D eigenvalue weighted by Gasteiger charge is -2.39. The number of piperidine rings is 1. The number of rotatable bonds is 17. The van der Waals surface area contributed by atoms with Gasteiger partial charge in [-0.05, 0) is 111 Å². The number of nitrogen functional groups attached to an aromatic ring is 1. The first-order chi connectivity index (χ1) is 41.7. The van der Waals surface area contributed by atoms with Gasteiger partial charge in [-0.15, -0.1) is 10.2 Å². The summed E-state index contributed by atoms with van der Waals surface area (Å²) in [6.45, 7) is 15.9. The molecule has 7 heterocycles. The summed E-state index contributed by atoms with van der Waals surface area (Å²) < 4.78 is 21.4. The number of likely N-dealkylation sites (tertiary alicyclic amines) is 1. The number of hydrogen-bond donors (Lipinski definition) is 5. The number of piperazine rings is 2. The third-order valence-electron chi connectivity index (χ3n) is 16.3. The van der Waals surface area contributed by atoms with Gasteiger partial charge in [-0.2, -0.15) is 4.99 Å². The number of aromatic hydroxyl groups is 2. The normalized spacial score (nSPS) is 16.1. The van der Waals surface area contributed by atoms with Gasteiger partial charge >= 0.3 is 6.09 Å². The number of nitrogens with one attached hydrogen (secondary N) is 2. The monoisotopic (exact) mass is 1170 g/mol. The van der Waals surface area contributed by atoms with Gasteiger partial charge < -0.3 is 55.5 Å². The molecule has 4 amide bonds. The molecule has 0 radical (unpaired) electrons. The van der Waals surface area contributed by atoms with Crippen molar-refractivity contribution in [3.63, 3.8) is 0 Å². The second-order valence-corrected chi connectivity index (χ2v) is 22.1. The van der Waals surface area contributed by atoms with Gasteiger partial charge in [0.25, 0.3) is 11.8 Å². The summed E-state index contributed by atoms with van der Waals surface area (Å²) in [5.41, 5.74) is 10.2. The Morgan fingerprint density at radius 1 is 0.814 bits per heavy atom. The predicted molar refractivity (Wildman–Crippen MR) is 321 cm³/mol. The number of nitrogens with zero attached hydrogens (tertiary/aromatic N) is 13. The topological polar surface area (TPSA) is 289 Å². The lowest BCUT2D eigenvalue weighted by Crippen LogP contribution is -2.51. The zero-order valence-electron chi connectivity index (χ0n) is 48.8. The van der Waals surface area contributed by atoms with E-state index in [0.29, 0.717) is 125 Å². The lowest BCUT2D eigenvalue weighted by molar-refractivity contribution is -0.137. The van der Waals surface area contributed by atoms with Crippen molar-refractivity contribution in [2.75, 3.05) is 115 Å². The molecule has 4 aliphatic rings. The average Bonchev–Trinajstić information content (AvgIpc) is 2.12. The zero-order chi connectivity index (χ0) is 60.0. The van der Waals surface area contributed by atoms with E-state index in [2.05, 4.69) is 50.5 Å². The Bertz CT molecular complexity index is 3680. The number of phenols is 2. The lowest BCUT2D eigenvalue weighted by atomic mass is 9.94. The van der Waals surface area contributed by atoms with Gasteiger partial charge in [-0.3, -0.25) is 33.3 Å². The number of nitrogens with two attached hydrogens (primary N) is 1. The highest BCUT2D eigenvalue weighted by atomic mass is 16.6. The van der Waals surface area contributed by atoms with Gasteiger partial charge in [0.05, 0.1) is 24.8 Å². The summed E-state index contributed by atoms with van der Waals surface area (Å²) in [4.78, 5) is 80.9. The molecule has 86 heavy (non-hydrogen) atoms. The van der Waals surface area contributed by atoms with Crippen molar-refractivity contribution in [1.29, 1.82) is 0 Å². The van der Waals surface area contributed by atoms with Crippen LogP contribution in [0.15, 0.2) is 90.2 Å². The molecule has 6 N–H and O–H groups in total. The summed E-state index contributed by atoms with van der Waals surface area (Å²) in [6, 6.07) is 22.2. The molecule has 3 aromatic heterocycles. The van der Waals surface area contributed by atoms with Gasteiger partial charge in [0.2, 0.25) is 23.3 Å². The fourth-order valence-corrected chi connectivity index (χ4v) is 11.6. The smallest absolute Gasteiger partial charge is 0.415 e. The quantitative estimate of drug-likeness (QED) is 0.0727. The molecule has 7 aromatic rings. The molecule has 4 aromatic carbocycles. The third kappa shape index (κ3) is 12.7. The maximum absolute atomic E-state index is 13.8. The molecular weight excluding hydrogens is 1100 g/mol. The summed E-state index contributed by atoms with van der Waals surface area (Å²) in [7, 11) is 1.56. The van der Waals surface area contributed by atoms with E-state index >= 15 is 0 Å². The molecule has 3 saturated heterocycles. The highest BCUT2D eigenvalue weighted by Crippen LogP contribution is 2.40. The van der Waals surface area contributed by atoms with Crippen LogP contribution in [-0.2, 0) is 17.9 Å². The number of ether oxygens (including phenoxy) is 3. The molecule has 0 atom stereocenters. The molecule has 4 aliphatic heterocycles. The van der Waals surface area contributed by atoms with E-state index in [1.54, 1.807) is 22.6 Å². The Kier molecular flexibility index (Phi) is 17.6. The third-order valence-corrected chi connectivity index (χ3v) is 16.3. The Morgan fingerprint density at radius 3 is 2.22 bits per heavy atom. The van der Waals surface area contributed by atoms with Crippen molar-refractivity contribution in [2.24, 2.45) is 10.9 Å². The maximum Gasteiger partial charge on any atom is 0.415 e. The first-order valence-electron chi connectivity index (χ1n) is 29.3. The van der Waals surface area contributed by atoms with Crippen molar-refractivity contribution < 1.29 is 43.6 Å². The number of fused-ring (bicyclic) bond motifs is 3. The Morgan fingerprint density at radius 2 is 1.52 bits per heavy atom. The molecule has 0 spiro atoms. The Hall–Kier alpha value is -9.36. The SMILES string of the molecule is CCNC(=O)c1nnc(-c2cc(C(C)C)c(O)cc2O)n1-c1ccc(CN2CCC(C(=O)N3CCN(c4ccc(OC(=O)N5CCN(CCCOc6ccc7c8n(c(=NC(=O)c9cnc(N)nc9)nc7c6OC)CCN8)CC5)cc4)CC3)CC2)cc1. The average molecular weight is 1170 g/mol. The van der Waals surface area contributed by atoms with Gasteiger partial charge in [0, 0.05) is 126 Å². The fraction of sp³-hybridized carbons (Fsp3) is 0.410. The first kappa shape index (κ1) is 58.4. The summed E-state index contributed by atoms with van der Waals surface area (Å²) >= 11 is 0. The minimum Gasteiger partial charge on any atom is -0.508 e. The Labute approximate surface area is 497 Å². The number of anilines is 3. The van der Waals surface area contributed by atoms with Crippen LogP contribution < -0.4 is 41.1 Å². The molecule has 11 rings (SSSR count). The van der Waals surface area contributed by atoms with Crippen LogP contribution in [0, 0.1) is 5.92 Å². The van der Waals surface area contributed by atoms with Crippen LogP contribution in [0.5, 0.6) is 28.7 Å². The molecule has 0 bridgehead atoms. The second kappa shape index (κ2) is 25.9. The van der Waals surface area contributed by atoms with Crippen molar-refractivity contribution >= 4 is 52.2 Å². The van der Waals surface area contributed by atoms with Crippen molar-refractivity contribution in [3.05, 3.63) is 113 Å². The fourth-order valence-electron chi connectivity index (χ4n) is 11.6. The largest absolute Gasteiger partial charge is 0.508 e. The van der Waals surface area contributed by atoms with Crippen molar-refractivity contribution in [3.8, 4) is 45.8 Å². The van der Waals surface area contributed by atoms with E-state index in [1.807, 2.05) is 90.9 Å². The van der Waals surface area contributed by atoms with Crippen LogP contribution in [0.4, 0.5) is 22.2 Å². The van der Waals surface area contributed by atoms with Gasteiger partial charge in [-0.1, -0.05) is 26.0 Å². The number of carbonyl (C=O) groups is 4. The van der Waals surface area contributed by atoms with Crippen LogP contribution in [0.25, 0.3) is 28.0 Å². The van der Waals surface area contributed by atoms with Crippen LogP contribution in [0.2, 0.25) is 0 Å². The highest BCUT2D eigenvalue weighted by Gasteiger charge is 2.32. The number of carbonyl (C=O) groups excluding carboxylic acids is 4. The number of amides is 4. The number of benzene rings is 4. The van der Waals surface area contributed by atoms with Gasteiger partial charge in [0.1, 0.15) is 28.6 Å². The zero-order valence-corrected chi connectivity index (χ0v) is 48.8. The van der Waals surface area contributed by atoms with E-state index in [-0.39, 0.29) is 64.1 Å². The van der Waals surface area contributed by atoms with Crippen molar-refractivity contribution in [1.82, 2.24) is 59.2 Å². The van der Waals surface area contributed by atoms with Crippen LogP contribution in [-0.4, -0.2) is 187 Å². The summed E-state index contributed by atoms with van der Waals surface area (Å²) in [6.07, 6.45) is 4.57. The molecule has 0 unspecified atom stereocenters. The van der Waals surface area contributed by atoms with Gasteiger partial charge in [0.15, 0.2) is 17.3 Å². The first-order valence-corrected chi connectivity index (χ1v) is 29.3. The summed E-state index contributed by atoms with van der Waals surface area (Å²) in [5, 5.41) is 37.0. The minimum absolute atomic E-state index is 0.0204. The van der Waals surface area contributed by atoms with Crippen LogP contribution in [0.1, 0.15) is 78.1 Å². The number of hydrogen-bond acceptors (Lipinski definition) is 19. The molecule has 450 valence electrons. The van der Waals surface area contributed by atoms with E-state index < -0.39 is 11.8 Å². The van der Waals surface area contributed by atoms with Crippen molar-refractivity contribution in [2.45, 2.75) is 59.0 Å². The molecule has 25 heteroatoms. The molecular formula is C61H72N16O9. The number of aromatic nitrogens is 7. The van der Waals surface area contributed by atoms with E-state index in [4.69, 9.17) is 24.9 Å². The molecule has 0 saturated carbocycles. The molecule has 3 fully saturated rings. The molecule has 0 aliphatic carbocycles. The van der Waals surface area contributed by atoms with Gasteiger partial charge in [-0.25, -0.2) is 19.7 Å². The number of methoxy groups -OCH3 is 1. The highest BCUT2D eigenvalue weighted by molar-refractivity contribution is 5.97. The second-order valence-electron chi connectivity index (χ2n) is 22.1.